The maximum atomic E-state index is 8.72. The number of benzene rings is 1. The van der Waals surface area contributed by atoms with Gasteiger partial charge < -0.3 is 10.4 Å². The van der Waals surface area contributed by atoms with E-state index in [1.54, 1.807) is 23.1 Å². The van der Waals surface area contributed by atoms with Crippen LogP contribution in [-0.4, -0.2) is 27.7 Å². The summed E-state index contributed by atoms with van der Waals surface area (Å²) < 4.78 is 0.959. The second-order valence-corrected chi connectivity index (χ2v) is 7.27. The zero-order chi connectivity index (χ0) is 15.1. The van der Waals surface area contributed by atoms with E-state index >= 15 is 0 Å². The van der Waals surface area contributed by atoms with Crippen molar-refractivity contribution in [3.05, 3.63) is 28.8 Å². The molecule has 2 rings (SSSR count). The Morgan fingerprint density at radius 1 is 1.29 bits per heavy atom. The monoisotopic (exact) mass is 343 g/mol. The van der Waals surface area contributed by atoms with Crippen LogP contribution in [-0.2, 0) is 0 Å². The van der Waals surface area contributed by atoms with Gasteiger partial charge in [-0.05, 0) is 37.5 Å². The van der Waals surface area contributed by atoms with Crippen LogP contribution in [0, 0.1) is 6.92 Å². The molecule has 0 bridgehead atoms. The van der Waals surface area contributed by atoms with Gasteiger partial charge in [-0.15, -0.1) is 10.2 Å². The summed E-state index contributed by atoms with van der Waals surface area (Å²) in [6, 6.07) is 5.76. The van der Waals surface area contributed by atoms with Gasteiger partial charge in [-0.3, -0.25) is 0 Å². The van der Waals surface area contributed by atoms with E-state index in [9.17, 15) is 0 Å². The van der Waals surface area contributed by atoms with Gasteiger partial charge in [0.25, 0.3) is 0 Å². The molecule has 0 radical (unpaired) electrons. The van der Waals surface area contributed by atoms with Crippen molar-refractivity contribution < 1.29 is 5.11 Å². The van der Waals surface area contributed by atoms with Gasteiger partial charge in [0.05, 0.1) is 0 Å². The summed E-state index contributed by atoms with van der Waals surface area (Å²) in [7, 11) is 0. The molecule has 0 spiro atoms. The van der Waals surface area contributed by atoms with Crippen LogP contribution < -0.4 is 5.32 Å². The number of thioether (sulfide) groups is 1. The smallest absolute Gasteiger partial charge is 0.210 e. The number of unbranched alkanes of at least 4 members (excludes halogenated alkanes) is 2. The Kier molecular flexibility index (Phi) is 6.76. The fourth-order valence-electron chi connectivity index (χ4n) is 1.73. The van der Waals surface area contributed by atoms with Gasteiger partial charge in [-0.25, -0.2) is 0 Å². The first-order chi connectivity index (χ1) is 10.2. The Hall–Kier alpha value is -0.820. The predicted octanol–water partition coefficient (Wildman–Crippen LogP) is 4.50. The molecule has 0 aliphatic carbocycles. The SMILES string of the molecule is Cc1c(Cl)cccc1Nc1nnc(SCCCCCO)s1. The number of aliphatic hydroxyl groups excluding tert-OH is 1. The van der Waals surface area contributed by atoms with E-state index in [4.69, 9.17) is 16.7 Å². The molecule has 0 aliphatic heterocycles. The summed E-state index contributed by atoms with van der Waals surface area (Å²) in [6.45, 7) is 2.25. The number of aromatic nitrogens is 2. The summed E-state index contributed by atoms with van der Waals surface area (Å²) in [6.07, 6.45) is 3.01. The minimum absolute atomic E-state index is 0.274. The van der Waals surface area contributed by atoms with Gasteiger partial charge in [0.15, 0.2) is 4.34 Å². The Bertz CT molecular complexity index is 577. The lowest BCUT2D eigenvalue weighted by Gasteiger charge is -2.06. The maximum Gasteiger partial charge on any atom is 0.210 e. The first-order valence-electron chi connectivity index (χ1n) is 6.80. The van der Waals surface area contributed by atoms with Crippen LogP contribution in [0.4, 0.5) is 10.8 Å². The van der Waals surface area contributed by atoms with E-state index in [2.05, 4.69) is 15.5 Å². The van der Waals surface area contributed by atoms with Crippen molar-refractivity contribution in [2.75, 3.05) is 17.7 Å². The third kappa shape index (κ3) is 5.14. The normalized spacial score (nSPS) is 10.8. The highest BCUT2D eigenvalue weighted by Crippen LogP contribution is 2.30. The lowest BCUT2D eigenvalue weighted by atomic mass is 10.2. The van der Waals surface area contributed by atoms with Crippen LogP contribution in [0.2, 0.25) is 5.02 Å². The zero-order valence-electron chi connectivity index (χ0n) is 11.8. The quantitative estimate of drug-likeness (QED) is 0.546. The molecule has 0 aliphatic rings. The van der Waals surface area contributed by atoms with E-state index in [-0.39, 0.29) is 6.61 Å². The van der Waals surface area contributed by atoms with Crippen LogP contribution in [0.5, 0.6) is 0 Å². The Labute approximate surface area is 137 Å². The van der Waals surface area contributed by atoms with Crippen LogP contribution in [0.3, 0.4) is 0 Å². The topological polar surface area (TPSA) is 58.0 Å². The maximum absolute atomic E-state index is 8.72. The Morgan fingerprint density at radius 3 is 2.95 bits per heavy atom. The van der Waals surface area contributed by atoms with E-state index in [1.165, 1.54) is 0 Å². The van der Waals surface area contributed by atoms with Gasteiger partial charge >= 0.3 is 0 Å². The number of nitrogens with one attached hydrogen (secondary N) is 1. The van der Waals surface area contributed by atoms with Crippen molar-refractivity contribution in [3.63, 3.8) is 0 Å². The molecule has 2 aromatic rings. The molecule has 4 nitrogen and oxygen atoms in total. The first-order valence-corrected chi connectivity index (χ1v) is 8.98. The largest absolute Gasteiger partial charge is 0.396 e. The molecule has 0 saturated carbocycles. The van der Waals surface area contributed by atoms with Crippen molar-refractivity contribution in [2.45, 2.75) is 30.5 Å². The summed E-state index contributed by atoms with van der Waals surface area (Å²) in [5, 5.41) is 21.8. The van der Waals surface area contributed by atoms with Gasteiger partial charge in [0, 0.05) is 23.1 Å². The molecule has 21 heavy (non-hydrogen) atoms. The standard InChI is InChI=1S/C14H18ClN3OS2/c1-10-11(15)6-5-7-12(10)16-13-17-18-14(21-13)20-9-4-2-3-8-19/h5-7,19H,2-4,8-9H2,1H3,(H,16,17). The van der Waals surface area contributed by atoms with Crippen LogP contribution in [0.15, 0.2) is 22.5 Å². The molecular weight excluding hydrogens is 326 g/mol. The first kappa shape index (κ1) is 16.5. The number of aliphatic hydroxyl groups is 1. The van der Waals surface area contributed by atoms with Crippen molar-refractivity contribution >= 4 is 45.5 Å². The molecule has 1 aromatic carbocycles. The molecule has 0 saturated heterocycles. The number of halogens is 1. The van der Waals surface area contributed by atoms with Gasteiger partial charge in [-0.1, -0.05) is 47.2 Å². The van der Waals surface area contributed by atoms with Gasteiger partial charge in [0.1, 0.15) is 0 Å². The predicted molar refractivity (Wildman–Crippen MR) is 91.0 cm³/mol. The van der Waals surface area contributed by atoms with Crippen LogP contribution in [0.25, 0.3) is 0 Å². The number of hydrogen-bond acceptors (Lipinski definition) is 6. The van der Waals surface area contributed by atoms with E-state index in [0.717, 1.165) is 50.8 Å². The van der Waals surface area contributed by atoms with E-state index in [0.29, 0.717) is 0 Å². The molecule has 0 fully saturated rings. The lowest BCUT2D eigenvalue weighted by molar-refractivity contribution is 0.284. The summed E-state index contributed by atoms with van der Waals surface area (Å²) >= 11 is 9.35. The molecule has 1 aromatic heterocycles. The van der Waals surface area contributed by atoms with Crippen molar-refractivity contribution in [3.8, 4) is 0 Å². The highest BCUT2D eigenvalue weighted by atomic mass is 35.5. The number of rotatable bonds is 8. The second-order valence-electron chi connectivity index (χ2n) is 4.54. The number of anilines is 2. The Balaban J connectivity index is 1.87. The highest BCUT2D eigenvalue weighted by Gasteiger charge is 2.07. The van der Waals surface area contributed by atoms with Crippen LogP contribution >= 0.6 is 34.7 Å². The summed E-state index contributed by atoms with van der Waals surface area (Å²) in [5.41, 5.74) is 1.96. The number of hydrogen-bond donors (Lipinski definition) is 2. The fraction of sp³-hybridized carbons (Fsp3) is 0.429. The van der Waals surface area contributed by atoms with Crippen molar-refractivity contribution in [2.24, 2.45) is 0 Å². The van der Waals surface area contributed by atoms with Gasteiger partial charge in [0.2, 0.25) is 5.13 Å². The van der Waals surface area contributed by atoms with E-state index in [1.807, 2.05) is 25.1 Å². The molecule has 0 amide bonds. The van der Waals surface area contributed by atoms with Crippen molar-refractivity contribution in [1.82, 2.24) is 10.2 Å². The highest BCUT2D eigenvalue weighted by molar-refractivity contribution is 8.01. The lowest BCUT2D eigenvalue weighted by Crippen LogP contribution is -1.92. The molecule has 7 heteroatoms. The molecule has 1 heterocycles. The average Bonchev–Trinajstić information content (AvgIpc) is 2.91. The second kappa shape index (κ2) is 8.58. The van der Waals surface area contributed by atoms with Crippen molar-refractivity contribution in [1.29, 1.82) is 0 Å². The third-order valence-corrected chi connectivity index (χ3v) is 5.41. The summed E-state index contributed by atoms with van der Waals surface area (Å²) in [5.74, 6) is 1.00. The fourth-order valence-corrected chi connectivity index (χ4v) is 3.74. The van der Waals surface area contributed by atoms with E-state index < -0.39 is 0 Å². The summed E-state index contributed by atoms with van der Waals surface area (Å²) in [4.78, 5) is 0. The Morgan fingerprint density at radius 2 is 2.14 bits per heavy atom. The third-order valence-electron chi connectivity index (χ3n) is 2.94. The van der Waals surface area contributed by atoms with Gasteiger partial charge in [-0.2, -0.15) is 0 Å². The molecule has 0 unspecified atom stereocenters. The number of nitrogens with zero attached hydrogens (tertiary/aromatic N) is 2. The molecule has 114 valence electrons. The zero-order valence-corrected chi connectivity index (χ0v) is 14.2. The molecule has 2 N–H and O–H groups in total. The van der Waals surface area contributed by atoms with Crippen LogP contribution in [0.1, 0.15) is 24.8 Å². The minimum atomic E-state index is 0.274. The molecular formula is C14H18ClN3OS2. The molecule has 0 atom stereocenters. The average molecular weight is 344 g/mol. The minimum Gasteiger partial charge on any atom is -0.396 e.